The second kappa shape index (κ2) is 6.17. The van der Waals surface area contributed by atoms with Crippen LogP contribution in [0.3, 0.4) is 0 Å². The Morgan fingerprint density at radius 1 is 1.18 bits per heavy atom. The zero-order valence-corrected chi connectivity index (χ0v) is 11.8. The van der Waals surface area contributed by atoms with Gasteiger partial charge in [0, 0.05) is 31.7 Å². The van der Waals surface area contributed by atoms with E-state index in [-0.39, 0.29) is 0 Å². The molecule has 17 heavy (non-hydrogen) atoms. The lowest BCUT2D eigenvalue weighted by Gasteiger charge is -2.44. The maximum Gasteiger partial charge on any atom is 0.0376 e. The molecule has 2 unspecified atom stereocenters. The first-order valence-electron chi connectivity index (χ1n) is 7.34. The number of nitrogens with one attached hydrogen (secondary N) is 1. The van der Waals surface area contributed by atoms with Crippen molar-refractivity contribution in [1.29, 1.82) is 0 Å². The van der Waals surface area contributed by atoms with Gasteiger partial charge in [-0.15, -0.1) is 0 Å². The Balaban J connectivity index is 2.02. The Kier molecular flexibility index (Phi) is 4.83. The van der Waals surface area contributed by atoms with Gasteiger partial charge in [0.05, 0.1) is 0 Å². The molecule has 1 saturated carbocycles. The van der Waals surface area contributed by atoms with Gasteiger partial charge in [-0.1, -0.05) is 19.8 Å². The fourth-order valence-electron chi connectivity index (χ4n) is 3.60. The lowest BCUT2D eigenvalue weighted by Crippen LogP contribution is -2.60. The fourth-order valence-corrected chi connectivity index (χ4v) is 3.60. The van der Waals surface area contributed by atoms with Crippen LogP contribution in [0.4, 0.5) is 0 Å². The molecule has 1 heterocycles. The number of hydrogen-bond donors (Lipinski definition) is 1. The summed E-state index contributed by atoms with van der Waals surface area (Å²) in [4.78, 5) is 5.07. The highest BCUT2D eigenvalue weighted by molar-refractivity contribution is 4.93. The van der Waals surface area contributed by atoms with E-state index < -0.39 is 0 Å². The average molecular weight is 239 g/mol. The molecule has 100 valence electrons. The molecule has 0 aromatic heterocycles. The van der Waals surface area contributed by atoms with Crippen LogP contribution in [0.25, 0.3) is 0 Å². The molecular weight excluding hydrogens is 210 g/mol. The first-order chi connectivity index (χ1) is 8.22. The summed E-state index contributed by atoms with van der Waals surface area (Å²) in [6.45, 7) is 7.01. The summed E-state index contributed by atoms with van der Waals surface area (Å²) < 4.78 is 0. The topological polar surface area (TPSA) is 18.5 Å². The van der Waals surface area contributed by atoms with Gasteiger partial charge >= 0.3 is 0 Å². The standard InChI is InChI=1S/C14H29N3/c1-4-15-14(12-7-5-6-8-12)13-11-16(2)9-10-17(13)3/h12-15H,4-11H2,1-3H3. The Morgan fingerprint density at radius 3 is 2.53 bits per heavy atom. The lowest BCUT2D eigenvalue weighted by atomic mass is 9.89. The van der Waals surface area contributed by atoms with Crippen molar-refractivity contribution in [2.24, 2.45) is 5.92 Å². The largest absolute Gasteiger partial charge is 0.312 e. The van der Waals surface area contributed by atoms with Crippen LogP contribution >= 0.6 is 0 Å². The van der Waals surface area contributed by atoms with Gasteiger partial charge in [-0.3, -0.25) is 4.90 Å². The monoisotopic (exact) mass is 239 g/mol. The molecule has 0 spiro atoms. The lowest BCUT2D eigenvalue weighted by molar-refractivity contribution is 0.0709. The molecule has 3 heteroatoms. The normalized spacial score (nSPS) is 30.9. The highest BCUT2D eigenvalue weighted by Crippen LogP contribution is 2.30. The molecule has 1 aliphatic carbocycles. The van der Waals surface area contributed by atoms with E-state index in [9.17, 15) is 0 Å². The Bertz CT molecular complexity index is 226. The smallest absolute Gasteiger partial charge is 0.0376 e. The summed E-state index contributed by atoms with van der Waals surface area (Å²) in [5, 5.41) is 3.78. The van der Waals surface area contributed by atoms with Crippen molar-refractivity contribution >= 4 is 0 Å². The molecule has 0 aromatic rings. The van der Waals surface area contributed by atoms with Gasteiger partial charge in [-0.25, -0.2) is 0 Å². The van der Waals surface area contributed by atoms with Crippen LogP contribution < -0.4 is 5.32 Å². The summed E-state index contributed by atoms with van der Waals surface area (Å²) >= 11 is 0. The van der Waals surface area contributed by atoms with Crippen molar-refractivity contribution in [3.05, 3.63) is 0 Å². The number of likely N-dealkylation sites (N-methyl/N-ethyl adjacent to an activating group) is 3. The third kappa shape index (κ3) is 3.21. The van der Waals surface area contributed by atoms with Crippen LogP contribution in [-0.4, -0.2) is 62.2 Å². The van der Waals surface area contributed by atoms with Gasteiger partial charge in [-0.2, -0.15) is 0 Å². The zero-order valence-electron chi connectivity index (χ0n) is 11.8. The molecule has 2 aliphatic rings. The second-order valence-electron chi connectivity index (χ2n) is 5.94. The van der Waals surface area contributed by atoms with Crippen LogP contribution in [-0.2, 0) is 0 Å². The molecular formula is C14H29N3. The van der Waals surface area contributed by atoms with Gasteiger partial charge in [0.2, 0.25) is 0 Å². The summed E-state index contributed by atoms with van der Waals surface area (Å²) in [5.74, 6) is 0.911. The van der Waals surface area contributed by atoms with Gasteiger partial charge < -0.3 is 10.2 Å². The molecule has 0 bridgehead atoms. The fraction of sp³-hybridized carbons (Fsp3) is 1.00. The number of hydrogen-bond acceptors (Lipinski definition) is 3. The van der Waals surface area contributed by atoms with Gasteiger partial charge in [0.1, 0.15) is 0 Å². The third-order valence-corrected chi connectivity index (χ3v) is 4.66. The van der Waals surface area contributed by atoms with E-state index >= 15 is 0 Å². The maximum atomic E-state index is 3.78. The van der Waals surface area contributed by atoms with E-state index in [1.165, 1.54) is 45.3 Å². The maximum absolute atomic E-state index is 3.78. The van der Waals surface area contributed by atoms with Crippen molar-refractivity contribution in [3.8, 4) is 0 Å². The van der Waals surface area contributed by atoms with E-state index in [0.717, 1.165) is 12.5 Å². The summed E-state index contributed by atoms with van der Waals surface area (Å²) in [5.41, 5.74) is 0. The second-order valence-corrected chi connectivity index (χ2v) is 5.94. The van der Waals surface area contributed by atoms with Crippen LogP contribution in [0.15, 0.2) is 0 Å². The highest BCUT2D eigenvalue weighted by Gasteiger charge is 2.35. The molecule has 1 N–H and O–H groups in total. The summed E-state index contributed by atoms with van der Waals surface area (Å²) in [6.07, 6.45) is 5.76. The van der Waals surface area contributed by atoms with E-state index in [1.54, 1.807) is 0 Å². The Hall–Kier alpha value is -0.120. The first kappa shape index (κ1) is 13.3. The Labute approximate surface area is 107 Å². The predicted octanol–water partition coefficient (Wildman–Crippen LogP) is 1.40. The van der Waals surface area contributed by atoms with Crippen LogP contribution in [0.5, 0.6) is 0 Å². The van der Waals surface area contributed by atoms with Gasteiger partial charge in [0.25, 0.3) is 0 Å². The minimum atomic E-state index is 0.704. The number of piperazine rings is 1. The van der Waals surface area contributed by atoms with Crippen molar-refractivity contribution in [2.75, 3.05) is 40.3 Å². The Morgan fingerprint density at radius 2 is 1.88 bits per heavy atom. The van der Waals surface area contributed by atoms with Gasteiger partial charge in [-0.05, 0) is 39.4 Å². The van der Waals surface area contributed by atoms with Crippen LogP contribution in [0, 0.1) is 5.92 Å². The minimum absolute atomic E-state index is 0.704. The first-order valence-corrected chi connectivity index (χ1v) is 7.34. The highest BCUT2D eigenvalue weighted by atomic mass is 15.3. The molecule has 1 saturated heterocycles. The van der Waals surface area contributed by atoms with E-state index in [0.29, 0.717) is 12.1 Å². The average Bonchev–Trinajstić information content (AvgIpc) is 2.83. The summed E-state index contributed by atoms with van der Waals surface area (Å²) in [7, 11) is 4.56. The van der Waals surface area contributed by atoms with Gasteiger partial charge in [0.15, 0.2) is 0 Å². The quantitative estimate of drug-likeness (QED) is 0.800. The molecule has 0 aromatic carbocycles. The van der Waals surface area contributed by atoms with E-state index in [1.807, 2.05) is 0 Å². The van der Waals surface area contributed by atoms with Crippen molar-refractivity contribution < 1.29 is 0 Å². The van der Waals surface area contributed by atoms with Crippen molar-refractivity contribution in [3.63, 3.8) is 0 Å². The van der Waals surface area contributed by atoms with Crippen molar-refractivity contribution in [1.82, 2.24) is 15.1 Å². The number of nitrogens with zero attached hydrogens (tertiary/aromatic N) is 2. The molecule has 0 amide bonds. The van der Waals surface area contributed by atoms with Crippen LogP contribution in [0.2, 0.25) is 0 Å². The van der Waals surface area contributed by atoms with Crippen LogP contribution in [0.1, 0.15) is 32.6 Å². The minimum Gasteiger partial charge on any atom is -0.312 e. The third-order valence-electron chi connectivity index (χ3n) is 4.66. The number of rotatable bonds is 4. The molecule has 2 rings (SSSR count). The zero-order chi connectivity index (χ0) is 12.3. The van der Waals surface area contributed by atoms with E-state index in [2.05, 4.69) is 36.1 Å². The van der Waals surface area contributed by atoms with Crippen molar-refractivity contribution in [2.45, 2.75) is 44.7 Å². The predicted molar refractivity (Wildman–Crippen MR) is 73.3 cm³/mol. The van der Waals surface area contributed by atoms with E-state index in [4.69, 9.17) is 0 Å². The summed E-state index contributed by atoms with van der Waals surface area (Å²) in [6, 6.07) is 1.41. The molecule has 1 aliphatic heterocycles. The molecule has 3 nitrogen and oxygen atoms in total. The molecule has 2 atom stereocenters. The SMILES string of the molecule is CCNC(C1CCCC1)C1CN(C)CCN1C. The molecule has 2 fully saturated rings. The molecule has 0 radical (unpaired) electrons.